The van der Waals surface area contributed by atoms with E-state index in [1.165, 1.54) is 26.4 Å². The van der Waals surface area contributed by atoms with E-state index < -0.39 is 17.8 Å². The highest BCUT2D eigenvalue weighted by atomic mass is 19.4. The van der Waals surface area contributed by atoms with E-state index in [0.29, 0.717) is 22.7 Å². The van der Waals surface area contributed by atoms with E-state index in [1.807, 2.05) is 0 Å². The summed E-state index contributed by atoms with van der Waals surface area (Å²) in [4.78, 5) is 28.3. The number of pyridine rings is 1. The van der Waals surface area contributed by atoms with Gasteiger partial charge in [0.05, 0.1) is 23.5 Å². The summed E-state index contributed by atoms with van der Waals surface area (Å²) < 4.78 is 55.8. The second-order valence-electron chi connectivity index (χ2n) is 7.74. The summed E-state index contributed by atoms with van der Waals surface area (Å²) in [6, 6.07) is 10.0. The van der Waals surface area contributed by atoms with Crippen LogP contribution in [0.2, 0.25) is 0 Å². The largest absolute Gasteiger partial charge is 0.489 e. The molecule has 0 saturated carbocycles. The molecule has 0 radical (unpaired) electrons. The standard InChI is InChI=1S/C25H26F3N5O5/c1-15-18(5-4-6-21(15)38-17-9-10-30-20(14-17)23(34)29-2)32-33-24(35)31-19-13-16(25(26,27)28)7-8-22(19)37-12-11-36-3/h4-10,13-14,32H,11-12H2,1-3H3,(H,29,34)(H2,31,33,35). The van der Waals surface area contributed by atoms with Crippen molar-refractivity contribution in [2.24, 2.45) is 0 Å². The third kappa shape index (κ3) is 7.49. The van der Waals surface area contributed by atoms with Crippen LogP contribution in [0, 0.1) is 6.92 Å². The van der Waals surface area contributed by atoms with Crippen LogP contribution in [0.15, 0.2) is 54.7 Å². The van der Waals surface area contributed by atoms with Crippen molar-refractivity contribution in [2.45, 2.75) is 13.1 Å². The molecule has 0 saturated heterocycles. The fourth-order valence-electron chi connectivity index (χ4n) is 3.16. The van der Waals surface area contributed by atoms with E-state index in [1.54, 1.807) is 31.2 Å². The zero-order valence-corrected chi connectivity index (χ0v) is 20.7. The Hall–Kier alpha value is -4.52. The first-order chi connectivity index (χ1) is 18.1. The first kappa shape index (κ1) is 28.1. The Bertz CT molecular complexity index is 1290. The first-order valence-corrected chi connectivity index (χ1v) is 11.2. The number of methoxy groups -OCH3 is 1. The number of ether oxygens (including phenoxy) is 3. The number of hydrogen-bond acceptors (Lipinski definition) is 7. The molecule has 3 rings (SSSR count). The van der Waals surface area contributed by atoms with Crippen molar-refractivity contribution in [1.29, 1.82) is 0 Å². The van der Waals surface area contributed by atoms with Gasteiger partial charge >= 0.3 is 12.2 Å². The SMILES string of the molecule is CNC(=O)c1cc(Oc2cccc(NNC(=O)Nc3cc(C(F)(F)F)ccc3OCCOC)c2C)ccn1. The van der Waals surface area contributed by atoms with Gasteiger partial charge in [0.1, 0.15) is 29.5 Å². The summed E-state index contributed by atoms with van der Waals surface area (Å²) in [5.74, 6) is 0.476. The molecule has 3 aromatic rings. The molecule has 0 fully saturated rings. The summed E-state index contributed by atoms with van der Waals surface area (Å²) in [6.45, 7) is 2.01. The van der Waals surface area contributed by atoms with Crippen LogP contribution in [0.1, 0.15) is 21.6 Å². The molecule has 0 aliphatic heterocycles. The molecular weight excluding hydrogens is 507 g/mol. The second kappa shape index (κ2) is 12.6. The molecule has 3 amide bonds. The van der Waals surface area contributed by atoms with Crippen molar-refractivity contribution >= 4 is 23.3 Å². The lowest BCUT2D eigenvalue weighted by Gasteiger charge is -2.17. The Morgan fingerprint density at radius 3 is 2.50 bits per heavy atom. The van der Waals surface area contributed by atoms with Crippen LogP contribution in [0.25, 0.3) is 0 Å². The van der Waals surface area contributed by atoms with Gasteiger partial charge in [-0.3, -0.25) is 20.6 Å². The molecule has 38 heavy (non-hydrogen) atoms. The fourth-order valence-corrected chi connectivity index (χ4v) is 3.16. The molecule has 0 unspecified atom stereocenters. The number of carbonyl (C=O) groups excluding carboxylic acids is 2. The predicted molar refractivity (Wildman–Crippen MR) is 133 cm³/mol. The van der Waals surface area contributed by atoms with Crippen LogP contribution >= 0.6 is 0 Å². The van der Waals surface area contributed by atoms with Crippen LogP contribution in [0.4, 0.5) is 29.3 Å². The molecule has 1 heterocycles. The van der Waals surface area contributed by atoms with E-state index in [4.69, 9.17) is 14.2 Å². The van der Waals surface area contributed by atoms with Crippen molar-refractivity contribution in [2.75, 3.05) is 38.1 Å². The third-order valence-electron chi connectivity index (χ3n) is 5.11. The fraction of sp³-hybridized carbons (Fsp3) is 0.240. The molecule has 0 atom stereocenters. The molecule has 202 valence electrons. The number of hydrazine groups is 1. The van der Waals surface area contributed by atoms with E-state index in [-0.39, 0.29) is 36.3 Å². The van der Waals surface area contributed by atoms with Crippen LogP contribution < -0.4 is 31.0 Å². The molecule has 0 aliphatic rings. The van der Waals surface area contributed by atoms with Gasteiger partial charge < -0.3 is 24.8 Å². The molecule has 4 N–H and O–H groups in total. The average Bonchev–Trinajstić information content (AvgIpc) is 2.89. The number of halogens is 3. The van der Waals surface area contributed by atoms with Gasteiger partial charge in [0.25, 0.3) is 5.91 Å². The number of amides is 3. The van der Waals surface area contributed by atoms with Crippen molar-refractivity contribution in [3.8, 4) is 17.2 Å². The Balaban J connectivity index is 1.70. The quantitative estimate of drug-likeness (QED) is 0.219. The molecule has 2 aromatic carbocycles. The van der Waals surface area contributed by atoms with Gasteiger partial charge in [-0.15, -0.1) is 0 Å². The molecule has 10 nitrogen and oxygen atoms in total. The highest BCUT2D eigenvalue weighted by molar-refractivity contribution is 5.92. The number of anilines is 2. The number of nitrogens with zero attached hydrogens (tertiary/aromatic N) is 1. The lowest BCUT2D eigenvalue weighted by molar-refractivity contribution is -0.137. The average molecular weight is 534 g/mol. The number of nitrogens with one attached hydrogen (secondary N) is 4. The summed E-state index contributed by atoms with van der Waals surface area (Å²) in [7, 11) is 2.94. The summed E-state index contributed by atoms with van der Waals surface area (Å²) >= 11 is 0. The third-order valence-corrected chi connectivity index (χ3v) is 5.11. The molecule has 0 bridgehead atoms. The lowest BCUT2D eigenvalue weighted by Crippen LogP contribution is -2.34. The van der Waals surface area contributed by atoms with E-state index in [0.717, 1.165) is 18.2 Å². The van der Waals surface area contributed by atoms with Gasteiger partial charge in [0, 0.05) is 32.0 Å². The van der Waals surface area contributed by atoms with Gasteiger partial charge in [0.15, 0.2) is 0 Å². The van der Waals surface area contributed by atoms with Gasteiger partial charge in [-0.25, -0.2) is 4.79 Å². The summed E-state index contributed by atoms with van der Waals surface area (Å²) in [5.41, 5.74) is 5.22. The van der Waals surface area contributed by atoms with Crippen LogP contribution in [-0.2, 0) is 10.9 Å². The van der Waals surface area contributed by atoms with Crippen molar-refractivity contribution in [3.63, 3.8) is 0 Å². The predicted octanol–water partition coefficient (Wildman–Crippen LogP) is 4.73. The summed E-state index contributed by atoms with van der Waals surface area (Å²) in [6.07, 6.45) is -3.17. The zero-order chi connectivity index (χ0) is 27.7. The highest BCUT2D eigenvalue weighted by Gasteiger charge is 2.31. The molecule has 0 spiro atoms. The van der Waals surface area contributed by atoms with Gasteiger partial charge in [-0.1, -0.05) is 6.07 Å². The maximum Gasteiger partial charge on any atom is 0.416 e. The van der Waals surface area contributed by atoms with Crippen molar-refractivity contribution < 1.29 is 37.0 Å². The van der Waals surface area contributed by atoms with Crippen molar-refractivity contribution in [1.82, 2.24) is 15.7 Å². The minimum Gasteiger partial charge on any atom is -0.489 e. The Kier molecular flexibility index (Phi) is 9.33. The van der Waals surface area contributed by atoms with E-state index in [9.17, 15) is 22.8 Å². The van der Waals surface area contributed by atoms with Gasteiger partial charge in [-0.05, 0) is 43.3 Å². The molecule has 13 heteroatoms. The minimum absolute atomic E-state index is 0.0465. The topological polar surface area (TPSA) is 123 Å². The maximum atomic E-state index is 13.2. The maximum absolute atomic E-state index is 13.2. The van der Waals surface area contributed by atoms with E-state index in [2.05, 4.69) is 26.5 Å². The second-order valence-corrected chi connectivity index (χ2v) is 7.74. The lowest BCUT2D eigenvalue weighted by atomic mass is 10.2. The van der Waals surface area contributed by atoms with Gasteiger partial charge in [-0.2, -0.15) is 13.2 Å². The van der Waals surface area contributed by atoms with Gasteiger partial charge in [0.2, 0.25) is 0 Å². The molecule has 0 aliphatic carbocycles. The number of benzene rings is 2. The van der Waals surface area contributed by atoms with Crippen LogP contribution in [0.5, 0.6) is 17.2 Å². The normalized spacial score (nSPS) is 10.9. The summed E-state index contributed by atoms with van der Waals surface area (Å²) in [5, 5.41) is 4.84. The minimum atomic E-state index is -4.61. The van der Waals surface area contributed by atoms with Crippen LogP contribution in [0.3, 0.4) is 0 Å². The number of alkyl halides is 3. The monoisotopic (exact) mass is 533 g/mol. The smallest absolute Gasteiger partial charge is 0.416 e. The first-order valence-electron chi connectivity index (χ1n) is 11.2. The number of rotatable bonds is 10. The molecular formula is C25H26F3N5O5. The molecule has 1 aromatic heterocycles. The highest BCUT2D eigenvalue weighted by Crippen LogP contribution is 2.35. The zero-order valence-electron chi connectivity index (χ0n) is 20.7. The Labute approximate surface area is 216 Å². The number of hydrogen-bond donors (Lipinski definition) is 4. The Morgan fingerprint density at radius 1 is 1.00 bits per heavy atom. The van der Waals surface area contributed by atoms with E-state index >= 15 is 0 Å². The van der Waals surface area contributed by atoms with Crippen molar-refractivity contribution in [3.05, 3.63) is 71.5 Å². The number of aromatic nitrogens is 1. The number of urea groups is 1. The van der Waals surface area contributed by atoms with Crippen LogP contribution in [-0.4, -0.2) is 44.3 Å². The number of carbonyl (C=O) groups is 2. The Morgan fingerprint density at radius 2 is 1.79 bits per heavy atom.